The van der Waals surface area contributed by atoms with Crippen LogP contribution >= 0.6 is 0 Å². The smallest absolute Gasteiger partial charge is 0.224 e. The Morgan fingerprint density at radius 2 is 2.05 bits per heavy atom. The van der Waals surface area contributed by atoms with Gasteiger partial charge in [0.15, 0.2) is 5.60 Å². The third kappa shape index (κ3) is 2.42. The number of nitrogens with one attached hydrogen (secondary N) is 1. The summed E-state index contributed by atoms with van der Waals surface area (Å²) in [5.74, 6) is 0.806. The molecule has 1 atom stereocenters. The van der Waals surface area contributed by atoms with Gasteiger partial charge in [0.25, 0.3) is 0 Å². The van der Waals surface area contributed by atoms with Crippen molar-refractivity contribution < 1.29 is 9.53 Å². The fraction of sp³-hybridized carbons (Fsp3) is 0.353. The first-order valence-corrected chi connectivity index (χ1v) is 7.25. The van der Waals surface area contributed by atoms with Gasteiger partial charge < -0.3 is 14.6 Å². The summed E-state index contributed by atoms with van der Waals surface area (Å²) in [6, 6.07) is 12.0. The number of amides is 1. The van der Waals surface area contributed by atoms with Crippen molar-refractivity contribution in [3.05, 3.63) is 48.3 Å². The number of hydrogen-bond donors (Lipinski definition) is 1. The quantitative estimate of drug-likeness (QED) is 0.941. The Bertz CT molecular complexity index is 675. The average Bonchev–Trinajstić information content (AvgIpc) is 2.88. The van der Waals surface area contributed by atoms with Crippen molar-refractivity contribution in [1.82, 2.24) is 9.88 Å². The van der Waals surface area contributed by atoms with Gasteiger partial charge in [-0.2, -0.15) is 0 Å². The van der Waals surface area contributed by atoms with E-state index in [0.29, 0.717) is 6.42 Å². The number of carbonyl (C=O) groups excluding carboxylic acids is 1. The van der Waals surface area contributed by atoms with Gasteiger partial charge in [0, 0.05) is 12.2 Å². The second-order valence-electron chi connectivity index (χ2n) is 5.96. The number of aromatic nitrogens is 1. The molecule has 1 N–H and O–H groups in total. The van der Waals surface area contributed by atoms with Gasteiger partial charge in [0.05, 0.1) is 17.8 Å². The molecule has 1 amide bonds. The Hall–Kier alpha value is -2.23. The van der Waals surface area contributed by atoms with Crippen LogP contribution in [-0.4, -0.2) is 16.5 Å². The molecular weight excluding hydrogens is 264 g/mol. The average molecular weight is 284 g/mol. The van der Waals surface area contributed by atoms with E-state index in [1.165, 1.54) is 0 Å². The molecule has 0 radical (unpaired) electrons. The summed E-state index contributed by atoms with van der Waals surface area (Å²) in [7, 11) is 0. The molecule has 0 spiro atoms. The van der Waals surface area contributed by atoms with Crippen molar-refractivity contribution in [3.8, 4) is 11.4 Å². The Morgan fingerprint density at radius 1 is 1.29 bits per heavy atom. The van der Waals surface area contributed by atoms with E-state index in [-0.39, 0.29) is 11.9 Å². The van der Waals surface area contributed by atoms with E-state index in [9.17, 15) is 4.79 Å². The van der Waals surface area contributed by atoms with E-state index in [1.54, 1.807) is 0 Å². The molecule has 0 aliphatic carbocycles. The molecule has 2 heterocycles. The van der Waals surface area contributed by atoms with E-state index >= 15 is 0 Å². The lowest BCUT2D eigenvalue weighted by Crippen LogP contribution is -2.42. The second kappa shape index (κ2) is 4.95. The zero-order valence-corrected chi connectivity index (χ0v) is 12.6. The van der Waals surface area contributed by atoms with E-state index in [2.05, 4.69) is 9.88 Å². The fourth-order valence-corrected chi connectivity index (χ4v) is 2.87. The predicted octanol–water partition coefficient (Wildman–Crippen LogP) is 3.00. The predicted molar refractivity (Wildman–Crippen MR) is 81.6 cm³/mol. The van der Waals surface area contributed by atoms with E-state index in [0.717, 1.165) is 17.1 Å². The van der Waals surface area contributed by atoms with Crippen LogP contribution in [-0.2, 0) is 10.4 Å². The summed E-state index contributed by atoms with van der Waals surface area (Å²) in [5.41, 5.74) is 1.36. The number of carbonyl (C=O) groups is 1. The molecule has 0 saturated heterocycles. The summed E-state index contributed by atoms with van der Waals surface area (Å²) >= 11 is 0. The SMILES string of the molecule is CC(C)NC(=O)CC1(C)Oc2ccccc2-n2cccc21. The highest BCUT2D eigenvalue weighted by Gasteiger charge is 2.38. The Kier molecular flexibility index (Phi) is 3.24. The van der Waals surface area contributed by atoms with Gasteiger partial charge in [-0.25, -0.2) is 0 Å². The van der Waals surface area contributed by atoms with Gasteiger partial charge in [0.2, 0.25) is 5.91 Å². The molecule has 21 heavy (non-hydrogen) atoms. The summed E-state index contributed by atoms with van der Waals surface area (Å²) in [5, 5.41) is 2.93. The van der Waals surface area contributed by atoms with Gasteiger partial charge in [-0.3, -0.25) is 4.79 Å². The summed E-state index contributed by atoms with van der Waals surface area (Å²) in [6.07, 6.45) is 2.30. The minimum atomic E-state index is -0.656. The lowest BCUT2D eigenvalue weighted by atomic mass is 9.95. The molecule has 0 bridgehead atoms. The standard InChI is InChI=1S/C17H20N2O2/c1-12(2)18-16(20)11-17(3)15-9-6-10-19(15)13-7-4-5-8-14(13)21-17/h4-10,12H,11H2,1-3H3,(H,18,20). The Morgan fingerprint density at radius 3 is 2.81 bits per heavy atom. The van der Waals surface area contributed by atoms with Gasteiger partial charge in [-0.05, 0) is 45.0 Å². The van der Waals surface area contributed by atoms with Gasteiger partial charge in [0.1, 0.15) is 5.75 Å². The number of benzene rings is 1. The second-order valence-corrected chi connectivity index (χ2v) is 5.96. The highest BCUT2D eigenvalue weighted by Crippen LogP contribution is 2.40. The monoisotopic (exact) mass is 284 g/mol. The molecule has 110 valence electrons. The highest BCUT2D eigenvalue weighted by atomic mass is 16.5. The summed E-state index contributed by atoms with van der Waals surface area (Å²) in [4.78, 5) is 12.2. The minimum absolute atomic E-state index is 0.000342. The van der Waals surface area contributed by atoms with Gasteiger partial charge in [-0.15, -0.1) is 0 Å². The third-order valence-electron chi connectivity index (χ3n) is 3.70. The lowest BCUT2D eigenvalue weighted by molar-refractivity contribution is -0.125. The van der Waals surface area contributed by atoms with Crippen LogP contribution in [0.5, 0.6) is 5.75 Å². The highest BCUT2D eigenvalue weighted by molar-refractivity contribution is 5.77. The largest absolute Gasteiger partial charge is 0.479 e. The molecule has 0 fully saturated rings. The van der Waals surface area contributed by atoms with Crippen LogP contribution in [0.2, 0.25) is 0 Å². The van der Waals surface area contributed by atoms with Crippen LogP contribution < -0.4 is 10.1 Å². The van der Waals surface area contributed by atoms with Crippen LogP contribution in [0.15, 0.2) is 42.6 Å². The first kappa shape index (κ1) is 13.7. The van der Waals surface area contributed by atoms with E-state index < -0.39 is 5.60 Å². The molecule has 0 saturated carbocycles. The molecule has 3 rings (SSSR count). The maximum atomic E-state index is 12.2. The molecule has 4 heteroatoms. The number of nitrogens with zero attached hydrogens (tertiary/aromatic N) is 1. The zero-order chi connectivity index (χ0) is 15.0. The summed E-state index contributed by atoms with van der Waals surface area (Å²) < 4.78 is 8.27. The first-order chi connectivity index (χ1) is 9.99. The molecule has 1 aliphatic rings. The van der Waals surface area contributed by atoms with E-state index in [4.69, 9.17) is 4.74 Å². The maximum absolute atomic E-state index is 12.2. The van der Waals surface area contributed by atoms with Crippen molar-refractivity contribution in [2.75, 3.05) is 0 Å². The fourth-order valence-electron chi connectivity index (χ4n) is 2.87. The van der Waals surface area contributed by atoms with Crippen LogP contribution in [0, 0.1) is 0 Å². The van der Waals surface area contributed by atoms with Crippen molar-refractivity contribution in [3.63, 3.8) is 0 Å². The first-order valence-electron chi connectivity index (χ1n) is 7.25. The molecule has 1 aromatic carbocycles. The lowest BCUT2D eigenvalue weighted by Gasteiger charge is -2.36. The zero-order valence-electron chi connectivity index (χ0n) is 12.6. The molecule has 1 aromatic heterocycles. The molecule has 1 aliphatic heterocycles. The Labute approximate surface area is 124 Å². The number of hydrogen-bond acceptors (Lipinski definition) is 2. The molecular formula is C17H20N2O2. The van der Waals surface area contributed by atoms with Crippen LogP contribution in [0.4, 0.5) is 0 Å². The van der Waals surface area contributed by atoms with Crippen LogP contribution in [0.25, 0.3) is 5.69 Å². The summed E-state index contributed by atoms with van der Waals surface area (Å²) in [6.45, 7) is 5.88. The number of fused-ring (bicyclic) bond motifs is 3. The third-order valence-corrected chi connectivity index (χ3v) is 3.70. The number of para-hydroxylation sites is 2. The van der Waals surface area contributed by atoms with Crippen LogP contribution in [0.1, 0.15) is 32.9 Å². The van der Waals surface area contributed by atoms with Gasteiger partial charge in [-0.1, -0.05) is 12.1 Å². The van der Waals surface area contributed by atoms with E-state index in [1.807, 2.05) is 63.4 Å². The topological polar surface area (TPSA) is 43.3 Å². The Balaban J connectivity index is 1.97. The molecule has 1 unspecified atom stereocenters. The maximum Gasteiger partial charge on any atom is 0.224 e. The van der Waals surface area contributed by atoms with Crippen molar-refractivity contribution in [2.45, 2.75) is 38.8 Å². The van der Waals surface area contributed by atoms with Crippen molar-refractivity contribution in [2.24, 2.45) is 0 Å². The van der Waals surface area contributed by atoms with Gasteiger partial charge >= 0.3 is 0 Å². The number of ether oxygens (including phenoxy) is 1. The normalized spacial score (nSPS) is 19.6. The van der Waals surface area contributed by atoms with Crippen molar-refractivity contribution >= 4 is 5.91 Å². The van der Waals surface area contributed by atoms with Crippen molar-refractivity contribution in [1.29, 1.82) is 0 Å². The molecule has 4 nitrogen and oxygen atoms in total. The van der Waals surface area contributed by atoms with Crippen LogP contribution in [0.3, 0.4) is 0 Å². The number of rotatable bonds is 3. The minimum Gasteiger partial charge on any atom is -0.479 e. The molecule has 2 aromatic rings.